The zero-order valence-corrected chi connectivity index (χ0v) is 18.8. The Labute approximate surface area is 184 Å². The van der Waals surface area contributed by atoms with Gasteiger partial charge in [-0.05, 0) is 55.9 Å². The third-order valence-electron chi connectivity index (χ3n) is 5.48. The number of halogens is 1. The van der Waals surface area contributed by atoms with Crippen LogP contribution in [0.3, 0.4) is 0 Å². The maximum Gasteiger partial charge on any atom is 0.224 e. The molecule has 1 saturated heterocycles. The molecule has 0 aliphatic carbocycles. The van der Waals surface area contributed by atoms with E-state index in [0.717, 1.165) is 12.8 Å². The minimum Gasteiger partial charge on any atom is -0.353 e. The standard InChI is InChI=1S/C23H29ClN2O3S/c1-18(12-13-19-7-3-2-4-8-19)25-23(27)21-10-6-14-26(16-21)30(28,29)17-20-9-5-11-22(24)15-20/h2-5,7-9,11,15,18,21H,6,10,12-14,16-17H2,1H3,(H,25,27)/t18-,21+/m1/s1. The SMILES string of the molecule is C[C@H](CCc1ccccc1)NC(=O)[C@H]1CCCN(S(=O)(=O)Cc2cccc(Cl)c2)C1. The van der Waals surface area contributed by atoms with Gasteiger partial charge in [0, 0.05) is 24.2 Å². The number of sulfonamides is 1. The van der Waals surface area contributed by atoms with Crippen molar-refractivity contribution in [2.24, 2.45) is 5.92 Å². The number of amides is 1. The van der Waals surface area contributed by atoms with E-state index in [-0.39, 0.29) is 30.2 Å². The third-order valence-corrected chi connectivity index (χ3v) is 7.54. The molecule has 0 aromatic heterocycles. The molecule has 1 N–H and O–H groups in total. The summed E-state index contributed by atoms with van der Waals surface area (Å²) in [7, 11) is -3.50. The summed E-state index contributed by atoms with van der Waals surface area (Å²) in [6.45, 7) is 2.69. The van der Waals surface area contributed by atoms with Crippen LogP contribution in [-0.2, 0) is 27.0 Å². The summed E-state index contributed by atoms with van der Waals surface area (Å²) in [5.41, 5.74) is 1.90. The number of carbonyl (C=O) groups excluding carboxylic acids is 1. The van der Waals surface area contributed by atoms with Gasteiger partial charge in [-0.3, -0.25) is 4.79 Å². The predicted molar refractivity (Wildman–Crippen MR) is 121 cm³/mol. The number of nitrogens with one attached hydrogen (secondary N) is 1. The highest BCUT2D eigenvalue weighted by Gasteiger charge is 2.32. The quantitative estimate of drug-likeness (QED) is 0.663. The average molecular weight is 449 g/mol. The average Bonchev–Trinajstić information content (AvgIpc) is 2.73. The topological polar surface area (TPSA) is 66.5 Å². The lowest BCUT2D eigenvalue weighted by Crippen LogP contribution is -2.47. The molecule has 0 saturated carbocycles. The van der Waals surface area contributed by atoms with Crippen molar-refractivity contribution in [3.05, 3.63) is 70.7 Å². The minimum absolute atomic E-state index is 0.0381. The monoisotopic (exact) mass is 448 g/mol. The Morgan fingerprint density at radius 2 is 1.90 bits per heavy atom. The van der Waals surface area contributed by atoms with Gasteiger partial charge in [-0.15, -0.1) is 0 Å². The molecule has 2 aromatic carbocycles. The van der Waals surface area contributed by atoms with Crippen molar-refractivity contribution in [1.29, 1.82) is 0 Å². The number of aryl methyl sites for hydroxylation is 1. The summed E-state index contributed by atoms with van der Waals surface area (Å²) in [5.74, 6) is -0.472. The van der Waals surface area contributed by atoms with Crippen LogP contribution < -0.4 is 5.32 Å². The van der Waals surface area contributed by atoms with Crippen molar-refractivity contribution in [3.63, 3.8) is 0 Å². The molecule has 162 valence electrons. The van der Waals surface area contributed by atoms with Gasteiger partial charge in [0.05, 0.1) is 11.7 Å². The van der Waals surface area contributed by atoms with Crippen LogP contribution in [0.1, 0.15) is 37.3 Å². The van der Waals surface area contributed by atoms with Gasteiger partial charge in [-0.25, -0.2) is 12.7 Å². The Morgan fingerprint density at radius 1 is 1.17 bits per heavy atom. The summed E-state index contributed by atoms with van der Waals surface area (Å²) in [6, 6.07) is 17.1. The lowest BCUT2D eigenvalue weighted by Gasteiger charge is -2.32. The third kappa shape index (κ3) is 6.56. The molecule has 1 amide bonds. The molecule has 1 aliphatic rings. The van der Waals surface area contributed by atoms with Gasteiger partial charge in [-0.2, -0.15) is 0 Å². The molecule has 1 aliphatic heterocycles. The zero-order chi connectivity index (χ0) is 21.6. The molecule has 2 aromatic rings. The van der Waals surface area contributed by atoms with Crippen molar-refractivity contribution in [2.75, 3.05) is 13.1 Å². The van der Waals surface area contributed by atoms with E-state index in [4.69, 9.17) is 11.6 Å². The molecule has 7 heteroatoms. The number of nitrogens with zero attached hydrogens (tertiary/aromatic N) is 1. The number of hydrogen-bond donors (Lipinski definition) is 1. The van der Waals surface area contributed by atoms with Gasteiger partial charge in [0.15, 0.2) is 0 Å². The molecule has 30 heavy (non-hydrogen) atoms. The first-order valence-corrected chi connectivity index (χ1v) is 12.4. The lowest BCUT2D eigenvalue weighted by molar-refractivity contribution is -0.126. The fourth-order valence-corrected chi connectivity index (χ4v) is 5.61. The van der Waals surface area contributed by atoms with Crippen molar-refractivity contribution < 1.29 is 13.2 Å². The van der Waals surface area contributed by atoms with E-state index in [2.05, 4.69) is 17.4 Å². The fraction of sp³-hybridized carbons (Fsp3) is 0.435. The number of carbonyl (C=O) groups is 1. The minimum atomic E-state index is -3.50. The molecule has 3 rings (SSSR count). The van der Waals surface area contributed by atoms with E-state index in [1.807, 2.05) is 25.1 Å². The molecule has 0 unspecified atom stereocenters. The van der Waals surface area contributed by atoms with Crippen molar-refractivity contribution >= 4 is 27.5 Å². The molecule has 1 fully saturated rings. The van der Waals surface area contributed by atoms with Crippen molar-refractivity contribution in [1.82, 2.24) is 9.62 Å². The van der Waals surface area contributed by atoms with Gasteiger partial charge in [0.2, 0.25) is 15.9 Å². The summed E-state index contributed by atoms with van der Waals surface area (Å²) in [6.07, 6.45) is 3.14. The van der Waals surface area contributed by atoms with Crippen LogP contribution in [0.5, 0.6) is 0 Å². The molecular weight excluding hydrogens is 420 g/mol. The molecule has 2 atom stereocenters. The van der Waals surface area contributed by atoms with Crippen LogP contribution in [0.2, 0.25) is 5.02 Å². The largest absolute Gasteiger partial charge is 0.353 e. The van der Waals surface area contributed by atoms with E-state index in [9.17, 15) is 13.2 Å². The Morgan fingerprint density at radius 3 is 2.63 bits per heavy atom. The van der Waals surface area contributed by atoms with E-state index in [0.29, 0.717) is 30.0 Å². The van der Waals surface area contributed by atoms with Crippen LogP contribution >= 0.6 is 11.6 Å². The van der Waals surface area contributed by atoms with E-state index >= 15 is 0 Å². The summed E-state index contributed by atoms with van der Waals surface area (Å²) in [5, 5.41) is 3.59. The van der Waals surface area contributed by atoms with Crippen LogP contribution in [-0.4, -0.2) is 37.8 Å². The second-order valence-corrected chi connectivity index (χ2v) is 10.4. The molecule has 5 nitrogen and oxygen atoms in total. The van der Waals surface area contributed by atoms with E-state index in [1.165, 1.54) is 9.87 Å². The summed E-state index contributed by atoms with van der Waals surface area (Å²) < 4.78 is 27.2. The second kappa shape index (κ2) is 10.4. The fourth-order valence-electron chi connectivity index (χ4n) is 3.80. The van der Waals surface area contributed by atoms with Crippen LogP contribution in [0, 0.1) is 5.92 Å². The predicted octanol–water partition coefficient (Wildman–Crippen LogP) is 4.02. The maximum atomic E-state index is 12.9. The highest BCUT2D eigenvalue weighted by molar-refractivity contribution is 7.88. The van der Waals surface area contributed by atoms with Crippen LogP contribution in [0.25, 0.3) is 0 Å². The Hall–Kier alpha value is -1.89. The number of piperidine rings is 1. The molecule has 0 bridgehead atoms. The summed E-state index contributed by atoms with van der Waals surface area (Å²) >= 11 is 5.98. The zero-order valence-electron chi connectivity index (χ0n) is 17.3. The Bertz CT molecular complexity index is 950. The number of benzene rings is 2. The highest BCUT2D eigenvalue weighted by atomic mass is 35.5. The highest BCUT2D eigenvalue weighted by Crippen LogP contribution is 2.23. The second-order valence-electron chi connectivity index (χ2n) is 8.02. The van der Waals surface area contributed by atoms with Crippen LogP contribution in [0.4, 0.5) is 0 Å². The first kappa shape index (κ1) is 22.8. The first-order valence-electron chi connectivity index (χ1n) is 10.4. The Kier molecular flexibility index (Phi) is 7.92. The smallest absolute Gasteiger partial charge is 0.224 e. The normalized spacial score (nSPS) is 18.7. The number of hydrogen-bond acceptors (Lipinski definition) is 3. The van der Waals surface area contributed by atoms with Gasteiger partial charge in [-0.1, -0.05) is 54.1 Å². The number of rotatable bonds is 8. The van der Waals surface area contributed by atoms with Crippen LogP contribution in [0.15, 0.2) is 54.6 Å². The van der Waals surface area contributed by atoms with Gasteiger partial charge < -0.3 is 5.32 Å². The van der Waals surface area contributed by atoms with Crippen molar-refractivity contribution in [3.8, 4) is 0 Å². The van der Waals surface area contributed by atoms with E-state index < -0.39 is 10.0 Å². The van der Waals surface area contributed by atoms with Gasteiger partial charge >= 0.3 is 0 Å². The molecule has 0 spiro atoms. The Balaban J connectivity index is 1.53. The maximum absolute atomic E-state index is 12.9. The molecule has 1 heterocycles. The van der Waals surface area contributed by atoms with E-state index in [1.54, 1.807) is 24.3 Å². The van der Waals surface area contributed by atoms with Gasteiger partial charge in [0.1, 0.15) is 0 Å². The molecule has 0 radical (unpaired) electrons. The summed E-state index contributed by atoms with van der Waals surface area (Å²) in [4.78, 5) is 12.7. The lowest BCUT2D eigenvalue weighted by atomic mass is 9.98. The van der Waals surface area contributed by atoms with Gasteiger partial charge in [0.25, 0.3) is 0 Å². The molecular formula is C23H29ClN2O3S. The van der Waals surface area contributed by atoms with Crippen molar-refractivity contribution in [2.45, 2.75) is 44.4 Å². The first-order chi connectivity index (χ1) is 14.3.